The second kappa shape index (κ2) is 9.01. The zero-order valence-corrected chi connectivity index (χ0v) is 18.2. The molecule has 0 radical (unpaired) electrons. The molecule has 0 aliphatic heterocycles. The highest BCUT2D eigenvalue weighted by Crippen LogP contribution is 2.22. The number of benzene rings is 3. The molecule has 0 spiro atoms. The molecule has 0 aromatic heterocycles. The number of sulfonamides is 1. The van der Waals surface area contributed by atoms with Crippen LogP contribution in [0.4, 0.5) is 17.1 Å². The topological polar surface area (TPSA) is 104 Å². The summed E-state index contributed by atoms with van der Waals surface area (Å²) in [4.78, 5) is 23.8. The maximum Gasteiger partial charge on any atom is 0.262 e. The summed E-state index contributed by atoms with van der Waals surface area (Å²) >= 11 is 0. The monoisotopic (exact) mass is 437 g/mol. The van der Waals surface area contributed by atoms with Crippen molar-refractivity contribution in [2.45, 2.75) is 25.7 Å². The van der Waals surface area contributed by atoms with E-state index >= 15 is 0 Å². The molecule has 2 amide bonds. The average Bonchev–Trinajstić information content (AvgIpc) is 2.71. The van der Waals surface area contributed by atoms with Gasteiger partial charge in [-0.1, -0.05) is 23.8 Å². The van der Waals surface area contributed by atoms with Crippen molar-refractivity contribution in [1.29, 1.82) is 0 Å². The third kappa shape index (κ3) is 5.70. The Kier molecular flexibility index (Phi) is 6.41. The summed E-state index contributed by atoms with van der Waals surface area (Å²) in [6.45, 7) is 5.00. The summed E-state index contributed by atoms with van der Waals surface area (Å²) in [5.74, 6) is -0.636. The van der Waals surface area contributed by atoms with Crippen LogP contribution in [0.15, 0.2) is 71.6 Å². The van der Waals surface area contributed by atoms with Gasteiger partial charge in [0, 0.05) is 29.5 Å². The van der Waals surface area contributed by atoms with E-state index in [1.54, 1.807) is 55.5 Å². The average molecular weight is 438 g/mol. The van der Waals surface area contributed by atoms with Crippen molar-refractivity contribution >= 4 is 38.9 Å². The van der Waals surface area contributed by atoms with Gasteiger partial charge in [0.25, 0.3) is 15.9 Å². The van der Waals surface area contributed by atoms with Gasteiger partial charge in [-0.05, 0) is 67.9 Å². The summed E-state index contributed by atoms with van der Waals surface area (Å²) in [7, 11) is -3.87. The number of hydrogen-bond acceptors (Lipinski definition) is 4. The standard InChI is InChI=1S/C23H23N3O4S/c1-15-4-8-21(9-5-15)26-31(29,30)22-14-18(7-6-16(22)2)23(28)25-20-12-10-19(11-13-20)24-17(3)27/h4-14,26H,1-3H3,(H,24,27)(H,25,28). The molecule has 0 aliphatic carbocycles. The fraction of sp³-hybridized carbons (Fsp3) is 0.130. The molecule has 8 heteroatoms. The molecule has 0 atom stereocenters. The van der Waals surface area contributed by atoms with Crippen molar-refractivity contribution in [3.63, 3.8) is 0 Å². The Labute approximate surface area is 181 Å². The predicted octanol–water partition coefficient (Wildman–Crippen LogP) is 4.31. The third-order valence-corrected chi connectivity index (χ3v) is 6.03. The molecule has 0 saturated heterocycles. The Morgan fingerprint density at radius 3 is 1.87 bits per heavy atom. The summed E-state index contributed by atoms with van der Waals surface area (Å²) < 4.78 is 28.3. The maximum atomic E-state index is 12.9. The van der Waals surface area contributed by atoms with Gasteiger partial charge in [-0.2, -0.15) is 0 Å². The van der Waals surface area contributed by atoms with E-state index in [0.29, 0.717) is 22.6 Å². The molecule has 31 heavy (non-hydrogen) atoms. The maximum absolute atomic E-state index is 12.9. The van der Waals surface area contributed by atoms with Gasteiger partial charge in [0.1, 0.15) is 0 Å². The second-order valence-electron chi connectivity index (χ2n) is 7.16. The minimum absolute atomic E-state index is 0.0294. The van der Waals surface area contributed by atoms with Crippen LogP contribution in [0.25, 0.3) is 0 Å². The largest absolute Gasteiger partial charge is 0.326 e. The van der Waals surface area contributed by atoms with Crippen LogP contribution < -0.4 is 15.4 Å². The number of aryl methyl sites for hydroxylation is 2. The molecule has 0 fully saturated rings. The van der Waals surface area contributed by atoms with Crippen molar-refractivity contribution in [3.8, 4) is 0 Å². The molecule has 0 unspecified atom stereocenters. The minimum Gasteiger partial charge on any atom is -0.326 e. The molecule has 0 aliphatic rings. The third-order valence-electron chi connectivity index (χ3n) is 4.51. The molecule has 3 N–H and O–H groups in total. The van der Waals surface area contributed by atoms with E-state index in [0.717, 1.165) is 5.56 Å². The highest BCUT2D eigenvalue weighted by atomic mass is 32.2. The molecule has 0 bridgehead atoms. The first-order valence-corrected chi connectivity index (χ1v) is 11.0. The first-order valence-electron chi connectivity index (χ1n) is 9.53. The van der Waals surface area contributed by atoms with Crippen LogP contribution >= 0.6 is 0 Å². The van der Waals surface area contributed by atoms with E-state index in [1.165, 1.54) is 13.0 Å². The van der Waals surface area contributed by atoms with Gasteiger partial charge in [0.15, 0.2) is 0 Å². The van der Waals surface area contributed by atoms with Gasteiger partial charge in [-0.15, -0.1) is 0 Å². The highest BCUT2D eigenvalue weighted by molar-refractivity contribution is 7.92. The van der Waals surface area contributed by atoms with E-state index in [9.17, 15) is 18.0 Å². The van der Waals surface area contributed by atoms with Crippen LogP contribution in [0.1, 0.15) is 28.4 Å². The lowest BCUT2D eigenvalue weighted by Crippen LogP contribution is -2.17. The molecule has 0 saturated carbocycles. The van der Waals surface area contributed by atoms with E-state index < -0.39 is 15.9 Å². The number of anilines is 3. The smallest absolute Gasteiger partial charge is 0.262 e. The minimum atomic E-state index is -3.87. The number of carbonyl (C=O) groups excluding carboxylic acids is 2. The Morgan fingerprint density at radius 2 is 1.29 bits per heavy atom. The number of amides is 2. The Morgan fingerprint density at radius 1 is 0.742 bits per heavy atom. The van der Waals surface area contributed by atoms with Crippen LogP contribution in [0, 0.1) is 13.8 Å². The predicted molar refractivity (Wildman–Crippen MR) is 122 cm³/mol. The van der Waals surface area contributed by atoms with Crippen molar-refractivity contribution < 1.29 is 18.0 Å². The Bertz CT molecular complexity index is 1220. The van der Waals surface area contributed by atoms with Crippen LogP contribution in [0.5, 0.6) is 0 Å². The Hall–Kier alpha value is -3.65. The van der Waals surface area contributed by atoms with Gasteiger partial charge < -0.3 is 10.6 Å². The van der Waals surface area contributed by atoms with Gasteiger partial charge in [0.05, 0.1) is 4.90 Å². The quantitative estimate of drug-likeness (QED) is 0.534. The zero-order valence-electron chi connectivity index (χ0n) is 17.4. The first-order chi connectivity index (χ1) is 14.6. The van der Waals surface area contributed by atoms with Gasteiger partial charge in [-0.25, -0.2) is 8.42 Å². The van der Waals surface area contributed by atoms with E-state index in [4.69, 9.17) is 0 Å². The van der Waals surface area contributed by atoms with Gasteiger partial charge in [0.2, 0.25) is 5.91 Å². The van der Waals surface area contributed by atoms with Crippen molar-refractivity contribution in [3.05, 3.63) is 83.4 Å². The number of rotatable bonds is 6. The summed E-state index contributed by atoms with van der Waals surface area (Å²) in [5, 5.41) is 5.37. The van der Waals surface area contributed by atoms with Gasteiger partial charge >= 0.3 is 0 Å². The molecular weight excluding hydrogens is 414 g/mol. The zero-order chi connectivity index (χ0) is 22.6. The highest BCUT2D eigenvalue weighted by Gasteiger charge is 2.19. The molecule has 160 valence electrons. The molecule has 7 nitrogen and oxygen atoms in total. The Balaban J connectivity index is 1.80. The number of hydrogen-bond donors (Lipinski definition) is 3. The normalized spacial score (nSPS) is 10.9. The fourth-order valence-electron chi connectivity index (χ4n) is 2.91. The lowest BCUT2D eigenvalue weighted by atomic mass is 10.1. The van der Waals surface area contributed by atoms with Crippen LogP contribution in [-0.4, -0.2) is 20.2 Å². The van der Waals surface area contributed by atoms with E-state index in [2.05, 4.69) is 15.4 Å². The van der Waals surface area contributed by atoms with Crippen molar-refractivity contribution in [1.82, 2.24) is 0 Å². The van der Waals surface area contributed by atoms with Gasteiger partial charge in [-0.3, -0.25) is 14.3 Å². The fourth-order valence-corrected chi connectivity index (χ4v) is 4.24. The summed E-state index contributed by atoms with van der Waals surface area (Å²) in [5.41, 5.74) is 3.32. The lowest BCUT2D eigenvalue weighted by Gasteiger charge is -2.13. The van der Waals surface area contributed by atoms with Crippen LogP contribution in [-0.2, 0) is 14.8 Å². The van der Waals surface area contributed by atoms with E-state index in [1.807, 2.05) is 19.1 Å². The van der Waals surface area contributed by atoms with Crippen LogP contribution in [0.3, 0.4) is 0 Å². The lowest BCUT2D eigenvalue weighted by molar-refractivity contribution is -0.114. The van der Waals surface area contributed by atoms with Crippen molar-refractivity contribution in [2.75, 3.05) is 15.4 Å². The SMILES string of the molecule is CC(=O)Nc1ccc(NC(=O)c2ccc(C)c(S(=O)(=O)Nc3ccc(C)cc3)c2)cc1. The van der Waals surface area contributed by atoms with Crippen molar-refractivity contribution in [2.24, 2.45) is 0 Å². The molecule has 3 rings (SSSR count). The number of carbonyl (C=O) groups is 2. The molecule has 0 heterocycles. The van der Waals surface area contributed by atoms with E-state index in [-0.39, 0.29) is 16.4 Å². The summed E-state index contributed by atoms with van der Waals surface area (Å²) in [6, 6.07) is 18.1. The molecule has 3 aromatic rings. The first kappa shape index (κ1) is 22.0. The van der Waals surface area contributed by atoms with Crippen LogP contribution in [0.2, 0.25) is 0 Å². The molecular formula is C23H23N3O4S. The number of nitrogens with one attached hydrogen (secondary N) is 3. The molecule has 3 aromatic carbocycles. The summed E-state index contributed by atoms with van der Waals surface area (Å²) in [6.07, 6.45) is 0. The second-order valence-corrected chi connectivity index (χ2v) is 8.82.